The van der Waals surface area contributed by atoms with Crippen LogP contribution in [0.4, 0.5) is 0 Å². The molecule has 0 atom stereocenters. The number of halogens is 1. The Balaban J connectivity index is 3.34. The van der Waals surface area contributed by atoms with Gasteiger partial charge in [0.2, 0.25) is 0 Å². The highest BCUT2D eigenvalue weighted by atomic mass is 79.9. The van der Waals surface area contributed by atoms with Gasteiger partial charge in [-0.2, -0.15) is 5.26 Å². The number of carbonyl (C=O) groups excluding carboxylic acids is 1. The minimum Gasteiger partial charge on any atom is -0.479 e. The SMILES string of the molecule is C#CCOc1c(Br)cc(/C=C(/C#N)C(=O)N(C)C)cc1CC=C. The monoisotopic (exact) mass is 372 g/mol. The maximum absolute atomic E-state index is 11.9. The van der Waals surface area contributed by atoms with Crippen molar-refractivity contribution in [1.82, 2.24) is 4.90 Å². The zero-order chi connectivity index (χ0) is 17.4. The number of likely N-dealkylation sites (N-methyl/N-ethyl adjacent to an activating group) is 1. The van der Waals surface area contributed by atoms with Gasteiger partial charge in [-0.3, -0.25) is 4.79 Å². The molecule has 0 saturated carbocycles. The summed E-state index contributed by atoms with van der Waals surface area (Å²) in [5, 5.41) is 9.18. The van der Waals surface area contributed by atoms with Crippen molar-refractivity contribution < 1.29 is 9.53 Å². The average Bonchev–Trinajstić information content (AvgIpc) is 2.51. The minimum atomic E-state index is -0.346. The molecule has 4 nitrogen and oxygen atoms in total. The summed E-state index contributed by atoms with van der Waals surface area (Å²) in [7, 11) is 3.20. The molecule has 0 saturated heterocycles. The quantitative estimate of drug-likeness (QED) is 0.333. The number of hydrogen-bond acceptors (Lipinski definition) is 3. The van der Waals surface area contributed by atoms with Gasteiger partial charge in [-0.1, -0.05) is 12.0 Å². The van der Waals surface area contributed by atoms with Gasteiger partial charge in [-0.05, 0) is 51.7 Å². The van der Waals surface area contributed by atoms with Gasteiger partial charge < -0.3 is 9.64 Å². The lowest BCUT2D eigenvalue weighted by Crippen LogP contribution is -2.22. The second-order valence-corrected chi connectivity index (χ2v) is 5.70. The Bertz CT molecular complexity index is 722. The molecule has 1 aromatic rings. The molecule has 118 valence electrons. The number of terminal acetylenes is 1. The molecule has 0 bridgehead atoms. The number of amides is 1. The third-order valence-electron chi connectivity index (χ3n) is 2.87. The van der Waals surface area contributed by atoms with E-state index in [9.17, 15) is 10.1 Å². The largest absolute Gasteiger partial charge is 0.479 e. The van der Waals surface area contributed by atoms with Crippen molar-refractivity contribution in [2.24, 2.45) is 0 Å². The van der Waals surface area contributed by atoms with E-state index in [1.165, 1.54) is 4.90 Å². The van der Waals surface area contributed by atoms with E-state index in [0.29, 0.717) is 22.2 Å². The first kappa shape index (κ1) is 18.5. The molecule has 1 amide bonds. The molecule has 1 rings (SSSR count). The van der Waals surface area contributed by atoms with E-state index < -0.39 is 0 Å². The molecule has 0 fully saturated rings. The van der Waals surface area contributed by atoms with Crippen LogP contribution in [-0.2, 0) is 11.2 Å². The summed E-state index contributed by atoms with van der Waals surface area (Å²) < 4.78 is 6.25. The standard InChI is InChI=1S/C18H17BrN2O2/c1-5-7-14-9-13(10-15(12-20)18(22)21(3)4)11-16(19)17(14)23-8-6-2/h2,5,9-11H,1,7-8H2,3-4H3/b15-10-. The summed E-state index contributed by atoms with van der Waals surface area (Å²) in [6, 6.07) is 5.55. The first-order valence-corrected chi connectivity index (χ1v) is 7.56. The highest BCUT2D eigenvalue weighted by molar-refractivity contribution is 9.10. The number of nitriles is 1. The highest BCUT2D eigenvalue weighted by Crippen LogP contribution is 2.32. The van der Waals surface area contributed by atoms with Gasteiger partial charge in [0, 0.05) is 14.1 Å². The van der Waals surface area contributed by atoms with E-state index in [4.69, 9.17) is 11.2 Å². The van der Waals surface area contributed by atoms with Crippen LogP contribution in [0.5, 0.6) is 5.75 Å². The van der Waals surface area contributed by atoms with Crippen LogP contribution in [0, 0.1) is 23.7 Å². The lowest BCUT2D eigenvalue weighted by atomic mass is 10.0. The van der Waals surface area contributed by atoms with E-state index in [1.807, 2.05) is 12.1 Å². The van der Waals surface area contributed by atoms with Crippen molar-refractivity contribution in [3.8, 4) is 24.2 Å². The zero-order valence-electron chi connectivity index (χ0n) is 13.1. The van der Waals surface area contributed by atoms with Crippen LogP contribution in [0.25, 0.3) is 6.08 Å². The average molecular weight is 373 g/mol. The maximum Gasteiger partial charge on any atom is 0.264 e. The Kier molecular flexibility index (Phi) is 7.12. The topological polar surface area (TPSA) is 53.3 Å². The van der Waals surface area contributed by atoms with E-state index >= 15 is 0 Å². The van der Waals surface area contributed by atoms with Crippen molar-refractivity contribution in [3.05, 3.63) is 46.0 Å². The van der Waals surface area contributed by atoms with Gasteiger partial charge in [0.25, 0.3) is 5.91 Å². The van der Waals surface area contributed by atoms with Gasteiger partial charge in [-0.15, -0.1) is 13.0 Å². The summed E-state index contributed by atoms with van der Waals surface area (Å²) in [4.78, 5) is 13.3. The Hall–Kier alpha value is -2.50. The fourth-order valence-electron chi connectivity index (χ4n) is 1.89. The second kappa shape index (κ2) is 8.82. The Labute approximate surface area is 145 Å². The summed E-state index contributed by atoms with van der Waals surface area (Å²) in [6.45, 7) is 3.88. The van der Waals surface area contributed by atoms with Crippen LogP contribution < -0.4 is 4.74 Å². The molecule has 0 spiro atoms. The van der Waals surface area contributed by atoms with Gasteiger partial charge in [0.05, 0.1) is 4.47 Å². The van der Waals surface area contributed by atoms with Crippen LogP contribution in [0.1, 0.15) is 11.1 Å². The summed E-state index contributed by atoms with van der Waals surface area (Å²) in [5.41, 5.74) is 1.64. The Morgan fingerprint density at radius 1 is 1.52 bits per heavy atom. The van der Waals surface area contributed by atoms with Gasteiger partial charge in [0.15, 0.2) is 0 Å². The molecule has 0 unspecified atom stereocenters. The predicted octanol–water partition coefficient (Wildman–Crippen LogP) is 3.18. The molecule has 0 aliphatic heterocycles. The van der Waals surface area contributed by atoms with Crippen LogP contribution >= 0.6 is 15.9 Å². The molecule has 0 aromatic heterocycles. The molecule has 0 radical (unpaired) electrons. The number of ether oxygens (including phenoxy) is 1. The summed E-state index contributed by atoms with van der Waals surface area (Å²) in [5.74, 6) is 2.71. The minimum absolute atomic E-state index is 0.0590. The molecule has 23 heavy (non-hydrogen) atoms. The summed E-state index contributed by atoms with van der Waals surface area (Å²) in [6.07, 6.45) is 9.09. The molecular weight excluding hydrogens is 356 g/mol. The lowest BCUT2D eigenvalue weighted by molar-refractivity contribution is -0.124. The molecule has 0 N–H and O–H groups in total. The first-order valence-electron chi connectivity index (χ1n) is 6.77. The predicted molar refractivity (Wildman–Crippen MR) is 94.7 cm³/mol. The molecule has 5 heteroatoms. The number of rotatable bonds is 6. The van der Waals surface area contributed by atoms with E-state index in [1.54, 1.807) is 32.3 Å². The zero-order valence-corrected chi connectivity index (χ0v) is 14.7. The van der Waals surface area contributed by atoms with Crippen LogP contribution in [0.3, 0.4) is 0 Å². The maximum atomic E-state index is 11.9. The van der Waals surface area contributed by atoms with E-state index in [2.05, 4.69) is 28.4 Å². The van der Waals surface area contributed by atoms with Crippen molar-refractivity contribution in [2.45, 2.75) is 6.42 Å². The smallest absolute Gasteiger partial charge is 0.264 e. The van der Waals surface area contributed by atoms with Gasteiger partial charge in [0.1, 0.15) is 24.0 Å². The third kappa shape index (κ3) is 5.02. The van der Waals surface area contributed by atoms with Crippen LogP contribution in [0.15, 0.2) is 34.8 Å². The van der Waals surface area contributed by atoms with Gasteiger partial charge in [-0.25, -0.2) is 0 Å². The molecule has 0 aliphatic carbocycles. The Morgan fingerprint density at radius 2 is 2.22 bits per heavy atom. The highest BCUT2D eigenvalue weighted by Gasteiger charge is 2.13. The number of allylic oxidation sites excluding steroid dienone is 1. The van der Waals surface area contributed by atoms with E-state index in [0.717, 1.165) is 5.56 Å². The van der Waals surface area contributed by atoms with Crippen molar-refractivity contribution in [3.63, 3.8) is 0 Å². The Morgan fingerprint density at radius 3 is 2.74 bits per heavy atom. The normalized spacial score (nSPS) is 10.4. The molecule has 0 heterocycles. The van der Waals surface area contributed by atoms with Crippen molar-refractivity contribution in [2.75, 3.05) is 20.7 Å². The van der Waals surface area contributed by atoms with Gasteiger partial charge >= 0.3 is 0 Å². The molecular formula is C18H17BrN2O2. The number of nitrogens with zero attached hydrogens (tertiary/aromatic N) is 2. The van der Waals surface area contributed by atoms with Crippen molar-refractivity contribution in [1.29, 1.82) is 5.26 Å². The van der Waals surface area contributed by atoms with E-state index in [-0.39, 0.29) is 18.1 Å². The molecule has 1 aromatic carbocycles. The van der Waals surface area contributed by atoms with Crippen LogP contribution in [0.2, 0.25) is 0 Å². The fourth-order valence-corrected chi connectivity index (χ4v) is 2.52. The fraction of sp³-hybridized carbons (Fsp3) is 0.222. The van der Waals surface area contributed by atoms with Crippen LogP contribution in [-0.4, -0.2) is 31.5 Å². The number of benzene rings is 1. The number of carbonyl (C=O) groups is 1. The second-order valence-electron chi connectivity index (χ2n) is 4.85. The lowest BCUT2D eigenvalue weighted by Gasteiger charge is -2.13. The summed E-state index contributed by atoms with van der Waals surface area (Å²) >= 11 is 3.44. The molecule has 0 aliphatic rings. The third-order valence-corrected chi connectivity index (χ3v) is 3.46. The first-order chi connectivity index (χ1) is 10.9. The van der Waals surface area contributed by atoms with Crippen molar-refractivity contribution >= 4 is 27.9 Å². The number of hydrogen-bond donors (Lipinski definition) is 0.